The molecule has 0 aliphatic heterocycles. The van der Waals surface area contributed by atoms with Crippen molar-refractivity contribution in [2.45, 2.75) is 56.9 Å². The molecule has 0 aromatic heterocycles. The van der Waals surface area contributed by atoms with Gasteiger partial charge in [0, 0.05) is 27.8 Å². The number of benzene rings is 1. The molecular weight excluding hydrogens is 322 g/mol. The molecule has 0 bridgehead atoms. The van der Waals surface area contributed by atoms with Crippen molar-refractivity contribution in [3.63, 3.8) is 0 Å². The zero-order valence-corrected chi connectivity index (χ0v) is 15.1. The Morgan fingerprint density at radius 3 is 2.96 bits per heavy atom. The van der Waals surface area contributed by atoms with Gasteiger partial charge in [-0.2, -0.15) is 5.26 Å². The van der Waals surface area contributed by atoms with Crippen LogP contribution in [0.1, 0.15) is 56.7 Å². The number of urea groups is 1. The molecule has 2 N–H and O–H groups in total. The van der Waals surface area contributed by atoms with Gasteiger partial charge in [-0.1, -0.05) is 25.5 Å². The van der Waals surface area contributed by atoms with Gasteiger partial charge in [0.15, 0.2) is 0 Å². The van der Waals surface area contributed by atoms with Gasteiger partial charge in [0.1, 0.15) is 0 Å². The van der Waals surface area contributed by atoms with E-state index in [9.17, 15) is 9.00 Å². The van der Waals surface area contributed by atoms with Gasteiger partial charge >= 0.3 is 6.03 Å². The second-order valence-electron chi connectivity index (χ2n) is 6.23. The Labute approximate surface area is 146 Å². The van der Waals surface area contributed by atoms with Gasteiger partial charge < -0.3 is 10.6 Å². The summed E-state index contributed by atoms with van der Waals surface area (Å²) in [6.07, 6.45) is 3.70. The Morgan fingerprint density at radius 2 is 2.25 bits per heavy atom. The standard InChI is InChI=1S/C18H25N3O2S/c1-3-24(23)17-9-5-8-16(11-17)21-18(22)20-13(2)15-7-4-6-14(10-15)12-19/h4,6-7,10,13,16-17H,3,5,8-9,11H2,1-2H3,(H2,20,21,22). The molecule has 4 atom stereocenters. The fraction of sp³-hybridized carbons (Fsp3) is 0.556. The molecule has 0 radical (unpaired) electrons. The SMILES string of the molecule is CCS(=O)C1CCCC(NC(=O)NC(C)c2cccc(C#N)c2)C1. The highest BCUT2D eigenvalue weighted by Gasteiger charge is 2.26. The van der Waals surface area contributed by atoms with Crippen LogP contribution in [0.4, 0.5) is 4.79 Å². The molecule has 1 fully saturated rings. The number of rotatable bonds is 5. The first-order valence-electron chi connectivity index (χ1n) is 8.47. The highest BCUT2D eigenvalue weighted by atomic mass is 32.2. The maximum Gasteiger partial charge on any atom is 0.315 e. The minimum Gasteiger partial charge on any atom is -0.335 e. The van der Waals surface area contributed by atoms with E-state index in [1.807, 2.05) is 26.0 Å². The largest absolute Gasteiger partial charge is 0.335 e. The summed E-state index contributed by atoms with van der Waals surface area (Å²) in [6.45, 7) is 3.84. The molecule has 4 unspecified atom stereocenters. The van der Waals surface area contributed by atoms with E-state index >= 15 is 0 Å². The van der Waals surface area contributed by atoms with Crippen LogP contribution in [0.15, 0.2) is 24.3 Å². The molecule has 24 heavy (non-hydrogen) atoms. The summed E-state index contributed by atoms with van der Waals surface area (Å²) in [7, 11) is -0.795. The van der Waals surface area contributed by atoms with Gasteiger partial charge in [0.05, 0.1) is 17.7 Å². The third-order valence-corrected chi connectivity index (χ3v) is 6.22. The maximum atomic E-state index is 12.2. The molecule has 2 rings (SSSR count). The van der Waals surface area contributed by atoms with Gasteiger partial charge in [-0.25, -0.2) is 4.79 Å². The predicted molar refractivity (Wildman–Crippen MR) is 96.0 cm³/mol. The number of carbonyl (C=O) groups excluding carboxylic acids is 1. The zero-order valence-electron chi connectivity index (χ0n) is 14.2. The van der Waals surface area contributed by atoms with E-state index in [2.05, 4.69) is 16.7 Å². The van der Waals surface area contributed by atoms with Crippen molar-refractivity contribution in [1.82, 2.24) is 10.6 Å². The van der Waals surface area contributed by atoms with Gasteiger partial charge in [0.2, 0.25) is 0 Å². The van der Waals surface area contributed by atoms with E-state index in [-0.39, 0.29) is 23.4 Å². The molecular formula is C18H25N3O2S. The van der Waals surface area contributed by atoms with Crippen LogP contribution in [0, 0.1) is 11.3 Å². The Balaban J connectivity index is 1.88. The lowest BCUT2D eigenvalue weighted by molar-refractivity contribution is 0.230. The summed E-state index contributed by atoms with van der Waals surface area (Å²) in [5, 5.41) is 15.1. The number of nitriles is 1. The number of nitrogens with zero attached hydrogens (tertiary/aromatic N) is 1. The molecule has 6 heteroatoms. The van der Waals surface area contributed by atoms with E-state index in [1.54, 1.807) is 12.1 Å². The summed E-state index contributed by atoms with van der Waals surface area (Å²) in [5.74, 6) is 0.676. The van der Waals surface area contributed by atoms with Gasteiger partial charge in [-0.05, 0) is 43.9 Å². The van der Waals surface area contributed by atoms with Crippen molar-refractivity contribution in [3.8, 4) is 6.07 Å². The maximum absolute atomic E-state index is 12.2. The van der Waals surface area contributed by atoms with Crippen LogP contribution in [0.2, 0.25) is 0 Å². The smallest absolute Gasteiger partial charge is 0.315 e. The topological polar surface area (TPSA) is 82.0 Å². The van der Waals surface area contributed by atoms with Gasteiger partial charge in [-0.15, -0.1) is 0 Å². The van der Waals surface area contributed by atoms with Crippen molar-refractivity contribution in [2.75, 3.05) is 5.75 Å². The van der Waals surface area contributed by atoms with Gasteiger partial charge in [-0.3, -0.25) is 4.21 Å². The first-order chi connectivity index (χ1) is 11.5. The lowest BCUT2D eigenvalue weighted by atomic mass is 9.95. The highest BCUT2D eigenvalue weighted by molar-refractivity contribution is 7.85. The van der Waals surface area contributed by atoms with Crippen molar-refractivity contribution in [3.05, 3.63) is 35.4 Å². The highest BCUT2D eigenvalue weighted by Crippen LogP contribution is 2.23. The molecule has 1 aliphatic rings. The average Bonchev–Trinajstić information content (AvgIpc) is 2.61. The number of hydrogen-bond acceptors (Lipinski definition) is 3. The van der Waals surface area contributed by atoms with Crippen molar-refractivity contribution in [1.29, 1.82) is 5.26 Å². The molecule has 130 valence electrons. The first-order valence-corrected chi connectivity index (χ1v) is 9.86. The molecule has 5 nitrogen and oxygen atoms in total. The second-order valence-corrected chi connectivity index (χ2v) is 8.24. The molecule has 2 amide bonds. The Kier molecular flexibility index (Phi) is 6.80. The fourth-order valence-electron chi connectivity index (χ4n) is 3.14. The normalized spacial score (nSPS) is 22.9. The van der Waals surface area contributed by atoms with Crippen LogP contribution >= 0.6 is 0 Å². The van der Waals surface area contributed by atoms with E-state index in [0.717, 1.165) is 31.2 Å². The second kappa shape index (κ2) is 8.84. The van der Waals surface area contributed by atoms with E-state index in [4.69, 9.17) is 5.26 Å². The molecule has 1 aromatic rings. The van der Waals surface area contributed by atoms with Crippen molar-refractivity contribution in [2.24, 2.45) is 0 Å². The number of amides is 2. The molecule has 0 saturated heterocycles. The Morgan fingerprint density at radius 1 is 1.46 bits per heavy atom. The molecule has 0 spiro atoms. The van der Waals surface area contributed by atoms with Crippen LogP contribution in [0.25, 0.3) is 0 Å². The van der Waals surface area contributed by atoms with E-state index in [1.165, 1.54) is 0 Å². The van der Waals surface area contributed by atoms with Crippen LogP contribution in [-0.4, -0.2) is 27.3 Å². The van der Waals surface area contributed by atoms with Gasteiger partial charge in [0.25, 0.3) is 0 Å². The zero-order chi connectivity index (χ0) is 17.5. The quantitative estimate of drug-likeness (QED) is 0.859. The van der Waals surface area contributed by atoms with Crippen molar-refractivity contribution < 1.29 is 9.00 Å². The molecule has 1 aromatic carbocycles. The summed E-state index contributed by atoms with van der Waals surface area (Å²) in [4.78, 5) is 12.2. The molecule has 0 heterocycles. The Hall–Kier alpha value is -1.87. The number of nitrogens with one attached hydrogen (secondary N) is 2. The minimum absolute atomic E-state index is 0.0805. The predicted octanol–water partition coefficient (Wildman–Crippen LogP) is 3.00. The Bertz CT molecular complexity index is 641. The van der Waals surface area contributed by atoms with Crippen LogP contribution in [0.3, 0.4) is 0 Å². The van der Waals surface area contributed by atoms with Crippen LogP contribution in [-0.2, 0) is 10.8 Å². The summed E-state index contributed by atoms with van der Waals surface area (Å²) in [6, 6.07) is 9.03. The summed E-state index contributed by atoms with van der Waals surface area (Å²) in [5.41, 5.74) is 1.48. The van der Waals surface area contributed by atoms with E-state index in [0.29, 0.717) is 11.3 Å². The lowest BCUT2D eigenvalue weighted by Gasteiger charge is -2.29. The molecule has 1 aliphatic carbocycles. The fourth-order valence-corrected chi connectivity index (χ4v) is 4.48. The summed E-state index contributed by atoms with van der Waals surface area (Å²) >= 11 is 0. The van der Waals surface area contributed by atoms with Crippen LogP contribution < -0.4 is 10.6 Å². The van der Waals surface area contributed by atoms with Crippen LogP contribution in [0.5, 0.6) is 0 Å². The third-order valence-electron chi connectivity index (χ3n) is 4.48. The number of hydrogen-bond donors (Lipinski definition) is 2. The summed E-state index contributed by atoms with van der Waals surface area (Å²) < 4.78 is 12.0. The third kappa shape index (κ3) is 5.07. The molecule has 1 saturated carbocycles. The monoisotopic (exact) mass is 347 g/mol. The number of carbonyl (C=O) groups is 1. The lowest BCUT2D eigenvalue weighted by Crippen LogP contribution is -2.46. The minimum atomic E-state index is -0.795. The van der Waals surface area contributed by atoms with E-state index < -0.39 is 10.8 Å². The average molecular weight is 347 g/mol. The van der Waals surface area contributed by atoms with Crippen molar-refractivity contribution >= 4 is 16.8 Å². The first kappa shape index (κ1) is 18.5.